The van der Waals surface area contributed by atoms with Gasteiger partial charge in [0, 0.05) is 11.6 Å². The molecule has 0 radical (unpaired) electrons. The zero-order chi connectivity index (χ0) is 13.1. The van der Waals surface area contributed by atoms with Crippen molar-refractivity contribution in [3.63, 3.8) is 0 Å². The highest BCUT2D eigenvalue weighted by Crippen LogP contribution is 2.32. The Labute approximate surface area is 96.8 Å². The predicted octanol–water partition coefficient (Wildman–Crippen LogP) is 3.15. The second-order valence-corrected chi connectivity index (χ2v) is 3.74. The zero-order valence-electron chi connectivity index (χ0n) is 9.31. The number of alkyl halides is 3. The second-order valence-electron chi connectivity index (χ2n) is 3.74. The molecule has 1 atom stereocenters. The van der Waals surface area contributed by atoms with Crippen molar-refractivity contribution >= 4 is 0 Å². The Morgan fingerprint density at radius 2 is 2.00 bits per heavy atom. The highest BCUT2D eigenvalue weighted by atomic mass is 19.4. The monoisotopic (exact) mass is 250 g/mol. The fourth-order valence-corrected chi connectivity index (χ4v) is 1.60. The molecule has 0 fully saturated rings. The minimum atomic E-state index is -4.48. The first-order chi connectivity index (χ1) is 7.90. The molecular formula is C11H14F4N2. The molecule has 0 saturated carbocycles. The molecule has 1 aromatic carbocycles. The summed E-state index contributed by atoms with van der Waals surface area (Å²) >= 11 is 0. The molecule has 17 heavy (non-hydrogen) atoms. The van der Waals surface area contributed by atoms with Gasteiger partial charge >= 0.3 is 6.18 Å². The molecule has 3 N–H and O–H groups in total. The summed E-state index contributed by atoms with van der Waals surface area (Å²) in [6.45, 7) is 1.84. The van der Waals surface area contributed by atoms with Gasteiger partial charge in [0.1, 0.15) is 5.82 Å². The third-order valence-electron chi connectivity index (χ3n) is 2.48. The summed E-state index contributed by atoms with van der Waals surface area (Å²) in [5.74, 6) is 4.54. The van der Waals surface area contributed by atoms with Crippen molar-refractivity contribution in [3.05, 3.63) is 35.1 Å². The number of hydrogen-bond donors (Lipinski definition) is 2. The molecule has 0 saturated heterocycles. The SMILES string of the molecule is CCCC(NN)c1cc(C(F)(F)F)ccc1F. The van der Waals surface area contributed by atoms with Crippen LogP contribution >= 0.6 is 0 Å². The highest BCUT2D eigenvalue weighted by Gasteiger charge is 2.31. The molecule has 0 aliphatic carbocycles. The number of hydrazine groups is 1. The first-order valence-electron chi connectivity index (χ1n) is 5.23. The smallest absolute Gasteiger partial charge is 0.271 e. The van der Waals surface area contributed by atoms with Crippen LogP contribution in [0.2, 0.25) is 0 Å². The van der Waals surface area contributed by atoms with Crippen LogP contribution in [-0.4, -0.2) is 0 Å². The lowest BCUT2D eigenvalue weighted by atomic mass is 10.00. The number of hydrogen-bond acceptors (Lipinski definition) is 2. The molecule has 0 bridgehead atoms. The van der Waals surface area contributed by atoms with Gasteiger partial charge < -0.3 is 0 Å². The lowest BCUT2D eigenvalue weighted by Gasteiger charge is -2.18. The average Bonchev–Trinajstić information content (AvgIpc) is 2.25. The summed E-state index contributed by atoms with van der Waals surface area (Å²) in [5, 5.41) is 0. The summed E-state index contributed by atoms with van der Waals surface area (Å²) in [5.41, 5.74) is 1.41. The van der Waals surface area contributed by atoms with Crippen LogP contribution < -0.4 is 11.3 Å². The summed E-state index contributed by atoms with van der Waals surface area (Å²) in [6, 6.07) is 1.73. The van der Waals surface area contributed by atoms with Crippen molar-refractivity contribution in [1.29, 1.82) is 0 Å². The van der Waals surface area contributed by atoms with E-state index in [-0.39, 0.29) is 5.56 Å². The Kier molecular flexibility index (Phi) is 4.47. The van der Waals surface area contributed by atoms with E-state index >= 15 is 0 Å². The molecular weight excluding hydrogens is 236 g/mol. The van der Waals surface area contributed by atoms with E-state index in [0.717, 1.165) is 18.2 Å². The fourth-order valence-electron chi connectivity index (χ4n) is 1.60. The Balaban J connectivity index is 3.13. The van der Waals surface area contributed by atoms with Gasteiger partial charge in [-0.05, 0) is 24.6 Å². The van der Waals surface area contributed by atoms with Gasteiger partial charge in [0.05, 0.1) is 5.56 Å². The van der Waals surface area contributed by atoms with Crippen molar-refractivity contribution in [2.24, 2.45) is 5.84 Å². The molecule has 1 aromatic rings. The summed E-state index contributed by atoms with van der Waals surface area (Å²) in [7, 11) is 0. The van der Waals surface area contributed by atoms with Gasteiger partial charge in [-0.15, -0.1) is 0 Å². The summed E-state index contributed by atoms with van der Waals surface area (Å²) < 4.78 is 50.9. The van der Waals surface area contributed by atoms with E-state index in [9.17, 15) is 17.6 Å². The maximum absolute atomic E-state index is 13.5. The standard InChI is InChI=1S/C11H14F4N2/c1-2-3-10(17-16)8-6-7(11(13,14)15)4-5-9(8)12/h4-6,10,17H,2-3,16H2,1H3. The Bertz CT molecular complexity index is 376. The van der Waals surface area contributed by atoms with Gasteiger partial charge in [0.2, 0.25) is 0 Å². The van der Waals surface area contributed by atoms with Gasteiger partial charge in [0.25, 0.3) is 0 Å². The third-order valence-corrected chi connectivity index (χ3v) is 2.48. The van der Waals surface area contributed by atoms with E-state index in [1.54, 1.807) is 0 Å². The fraction of sp³-hybridized carbons (Fsp3) is 0.455. The lowest BCUT2D eigenvalue weighted by Crippen LogP contribution is -2.29. The molecule has 1 rings (SSSR count). The second kappa shape index (κ2) is 5.46. The number of rotatable bonds is 4. The van der Waals surface area contributed by atoms with Gasteiger partial charge in [0.15, 0.2) is 0 Å². The maximum atomic E-state index is 13.5. The van der Waals surface area contributed by atoms with Crippen molar-refractivity contribution in [1.82, 2.24) is 5.43 Å². The third kappa shape index (κ3) is 3.41. The van der Waals surface area contributed by atoms with Crippen molar-refractivity contribution in [3.8, 4) is 0 Å². The van der Waals surface area contributed by atoms with Crippen molar-refractivity contribution in [2.75, 3.05) is 0 Å². The first kappa shape index (κ1) is 13.9. The highest BCUT2D eigenvalue weighted by molar-refractivity contribution is 5.29. The maximum Gasteiger partial charge on any atom is 0.416 e. The van der Waals surface area contributed by atoms with Gasteiger partial charge in [-0.25, -0.2) is 4.39 Å². The topological polar surface area (TPSA) is 38.0 Å². The Morgan fingerprint density at radius 1 is 1.35 bits per heavy atom. The molecule has 0 aliphatic heterocycles. The largest absolute Gasteiger partial charge is 0.416 e. The van der Waals surface area contributed by atoms with Gasteiger partial charge in [-0.3, -0.25) is 11.3 Å². The van der Waals surface area contributed by atoms with Crippen LogP contribution in [0.5, 0.6) is 0 Å². The van der Waals surface area contributed by atoms with E-state index in [1.165, 1.54) is 0 Å². The molecule has 0 spiro atoms. The Hall–Kier alpha value is -1.14. The molecule has 0 amide bonds. The number of nitrogens with one attached hydrogen (secondary N) is 1. The predicted molar refractivity (Wildman–Crippen MR) is 56.4 cm³/mol. The van der Waals surface area contributed by atoms with Crippen LogP contribution in [0.15, 0.2) is 18.2 Å². The minimum Gasteiger partial charge on any atom is -0.271 e. The quantitative estimate of drug-likeness (QED) is 0.489. The van der Waals surface area contributed by atoms with E-state index < -0.39 is 23.6 Å². The normalized spacial score (nSPS) is 13.8. The van der Waals surface area contributed by atoms with Crippen LogP contribution in [0.3, 0.4) is 0 Å². The Morgan fingerprint density at radius 3 is 2.47 bits per heavy atom. The number of halogens is 4. The molecule has 96 valence electrons. The number of nitrogens with two attached hydrogens (primary N) is 1. The minimum absolute atomic E-state index is 0.0517. The summed E-state index contributed by atoms with van der Waals surface area (Å²) in [6.07, 6.45) is -3.33. The van der Waals surface area contributed by atoms with Gasteiger partial charge in [-0.2, -0.15) is 13.2 Å². The first-order valence-corrected chi connectivity index (χ1v) is 5.23. The van der Waals surface area contributed by atoms with E-state index in [0.29, 0.717) is 12.8 Å². The van der Waals surface area contributed by atoms with Crippen LogP contribution in [-0.2, 0) is 6.18 Å². The van der Waals surface area contributed by atoms with E-state index in [4.69, 9.17) is 5.84 Å². The molecule has 0 aromatic heterocycles. The van der Waals surface area contributed by atoms with Crippen LogP contribution in [0, 0.1) is 5.82 Å². The van der Waals surface area contributed by atoms with Crippen molar-refractivity contribution in [2.45, 2.75) is 32.0 Å². The lowest BCUT2D eigenvalue weighted by molar-refractivity contribution is -0.137. The number of benzene rings is 1. The van der Waals surface area contributed by atoms with Crippen LogP contribution in [0.25, 0.3) is 0 Å². The zero-order valence-corrected chi connectivity index (χ0v) is 9.31. The molecule has 1 unspecified atom stereocenters. The molecule has 6 heteroatoms. The molecule has 2 nitrogen and oxygen atoms in total. The summed E-state index contributed by atoms with van der Waals surface area (Å²) in [4.78, 5) is 0. The molecule has 0 heterocycles. The van der Waals surface area contributed by atoms with Crippen LogP contribution in [0.4, 0.5) is 17.6 Å². The molecule has 0 aliphatic rings. The van der Waals surface area contributed by atoms with E-state index in [2.05, 4.69) is 5.43 Å². The van der Waals surface area contributed by atoms with Crippen molar-refractivity contribution < 1.29 is 17.6 Å². The van der Waals surface area contributed by atoms with Crippen LogP contribution in [0.1, 0.15) is 36.9 Å². The van der Waals surface area contributed by atoms with E-state index in [1.807, 2.05) is 6.92 Å². The van der Waals surface area contributed by atoms with Gasteiger partial charge in [-0.1, -0.05) is 13.3 Å². The average molecular weight is 250 g/mol.